The fraction of sp³-hybridized carbons (Fsp3) is 0.667. The van der Waals surface area contributed by atoms with Crippen molar-refractivity contribution in [3.05, 3.63) is 0 Å². The number of carboxylic acids is 2. The second kappa shape index (κ2) is 5.00. The third-order valence-corrected chi connectivity index (χ3v) is 1.27. The molecule has 2 unspecified atom stereocenters. The minimum absolute atomic E-state index is 0.342. The maximum absolute atomic E-state index is 10.4. The Balaban J connectivity index is 4.04. The molecule has 0 heterocycles. The molecule has 0 bridgehead atoms. The molecule has 0 saturated carbocycles. The lowest BCUT2D eigenvalue weighted by molar-refractivity contribution is -0.146. The summed E-state index contributed by atoms with van der Waals surface area (Å²) >= 11 is 3.89. The van der Waals surface area contributed by atoms with Gasteiger partial charge in [-0.15, -0.1) is 0 Å². The van der Waals surface area contributed by atoms with E-state index in [4.69, 9.17) is 10.2 Å². The van der Waals surface area contributed by atoms with Gasteiger partial charge in [0.05, 0.1) is 6.42 Å². The molecule has 0 saturated heterocycles. The van der Waals surface area contributed by atoms with Crippen LogP contribution in [0.1, 0.15) is 13.3 Å². The molecule has 0 aliphatic rings. The highest BCUT2D eigenvalue weighted by Crippen LogP contribution is 1.97. The molecule has 3 N–H and O–H groups in total. The number of carbonyl (C=O) groups is 2. The highest BCUT2D eigenvalue weighted by atomic mass is 32.1. The normalized spacial score (nSPS) is 15.2. The lowest BCUT2D eigenvalue weighted by Crippen LogP contribution is -2.41. The number of aliphatic carboxylic acids is 2. The zero-order chi connectivity index (χ0) is 9.72. The number of hydrogen-bond donors (Lipinski definition) is 4. The van der Waals surface area contributed by atoms with Crippen molar-refractivity contribution in [2.24, 2.45) is 0 Å². The minimum atomic E-state index is -1.18. The summed E-state index contributed by atoms with van der Waals surface area (Å²) in [5.41, 5.74) is 0. The van der Waals surface area contributed by atoms with Crippen LogP contribution >= 0.6 is 12.6 Å². The first-order valence-electron chi connectivity index (χ1n) is 3.32. The molecule has 0 aliphatic carbocycles. The van der Waals surface area contributed by atoms with E-state index in [9.17, 15) is 9.59 Å². The molecular weight excluding hydrogens is 182 g/mol. The maximum atomic E-state index is 10.4. The first-order valence-corrected chi connectivity index (χ1v) is 3.84. The topological polar surface area (TPSA) is 86.6 Å². The van der Waals surface area contributed by atoms with Crippen LogP contribution in [0.25, 0.3) is 0 Å². The Morgan fingerprint density at radius 2 is 2.00 bits per heavy atom. The molecule has 0 aromatic rings. The minimum Gasteiger partial charge on any atom is -0.481 e. The summed E-state index contributed by atoms with van der Waals surface area (Å²) in [5, 5.41) is 19.0. The van der Waals surface area contributed by atoms with Gasteiger partial charge in [0, 0.05) is 5.37 Å². The van der Waals surface area contributed by atoms with E-state index >= 15 is 0 Å². The molecule has 0 fully saturated rings. The largest absolute Gasteiger partial charge is 0.481 e. The standard InChI is InChI=1S/C6H11NO4S/c1-3(12)7-4(6(10)11)2-5(8)9/h3-4,7,12H,2H2,1H3,(H,8,9)(H,10,11). The number of rotatable bonds is 5. The molecule has 0 amide bonds. The van der Waals surface area contributed by atoms with Gasteiger partial charge in [-0.1, -0.05) is 0 Å². The average Bonchev–Trinajstić information content (AvgIpc) is 1.83. The van der Waals surface area contributed by atoms with Gasteiger partial charge in [0.2, 0.25) is 0 Å². The van der Waals surface area contributed by atoms with Crippen molar-refractivity contribution in [2.45, 2.75) is 24.8 Å². The highest BCUT2D eigenvalue weighted by Gasteiger charge is 2.21. The molecule has 0 aliphatic heterocycles. The summed E-state index contributed by atoms with van der Waals surface area (Å²) in [5.74, 6) is -2.33. The Morgan fingerprint density at radius 3 is 2.25 bits per heavy atom. The molecule has 0 spiro atoms. The van der Waals surface area contributed by atoms with E-state index in [0.29, 0.717) is 0 Å². The molecule has 0 rings (SSSR count). The lowest BCUT2D eigenvalue weighted by Gasteiger charge is -2.14. The summed E-state index contributed by atoms with van der Waals surface area (Å²) < 4.78 is 0. The van der Waals surface area contributed by atoms with Gasteiger partial charge >= 0.3 is 11.9 Å². The van der Waals surface area contributed by atoms with Crippen LogP contribution in [-0.4, -0.2) is 33.6 Å². The SMILES string of the molecule is CC(S)NC(CC(=O)O)C(=O)O. The monoisotopic (exact) mass is 193 g/mol. The summed E-state index contributed by atoms with van der Waals surface area (Å²) in [4.78, 5) is 20.6. The molecule has 12 heavy (non-hydrogen) atoms. The van der Waals surface area contributed by atoms with E-state index in [0.717, 1.165) is 0 Å². The van der Waals surface area contributed by atoms with Crippen molar-refractivity contribution in [1.29, 1.82) is 0 Å². The van der Waals surface area contributed by atoms with Crippen molar-refractivity contribution in [2.75, 3.05) is 0 Å². The van der Waals surface area contributed by atoms with Crippen LogP contribution in [0.3, 0.4) is 0 Å². The van der Waals surface area contributed by atoms with Gasteiger partial charge in [0.15, 0.2) is 0 Å². The van der Waals surface area contributed by atoms with E-state index in [1.807, 2.05) is 0 Å². The quantitative estimate of drug-likeness (QED) is 0.358. The maximum Gasteiger partial charge on any atom is 0.321 e. The van der Waals surface area contributed by atoms with Crippen molar-refractivity contribution >= 4 is 24.6 Å². The second-order valence-electron chi connectivity index (χ2n) is 2.33. The van der Waals surface area contributed by atoms with Crippen LogP contribution in [0.15, 0.2) is 0 Å². The van der Waals surface area contributed by atoms with Gasteiger partial charge in [-0.3, -0.25) is 14.9 Å². The first-order chi connectivity index (χ1) is 5.43. The third-order valence-electron chi connectivity index (χ3n) is 1.12. The Morgan fingerprint density at radius 1 is 1.50 bits per heavy atom. The fourth-order valence-electron chi connectivity index (χ4n) is 0.683. The second-order valence-corrected chi connectivity index (χ2v) is 3.11. The Labute approximate surface area is 75.2 Å². The lowest BCUT2D eigenvalue weighted by atomic mass is 10.2. The fourth-order valence-corrected chi connectivity index (χ4v) is 0.863. The summed E-state index contributed by atoms with van der Waals surface area (Å²) in [6.45, 7) is 1.63. The van der Waals surface area contributed by atoms with Crippen LogP contribution in [-0.2, 0) is 9.59 Å². The molecule has 5 nitrogen and oxygen atoms in total. The first kappa shape index (κ1) is 11.2. The Hall–Kier alpha value is -0.750. The molecule has 6 heteroatoms. The van der Waals surface area contributed by atoms with E-state index in [2.05, 4.69) is 17.9 Å². The molecule has 70 valence electrons. The number of hydrogen-bond acceptors (Lipinski definition) is 4. The zero-order valence-corrected chi connectivity index (χ0v) is 7.41. The summed E-state index contributed by atoms with van der Waals surface area (Å²) in [7, 11) is 0. The van der Waals surface area contributed by atoms with E-state index in [1.165, 1.54) is 0 Å². The smallest absolute Gasteiger partial charge is 0.321 e. The molecule has 2 atom stereocenters. The number of nitrogens with one attached hydrogen (secondary N) is 1. The average molecular weight is 193 g/mol. The number of thiol groups is 1. The van der Waals surface area contributed by atoms with E-state index in [1.54, 1.807) is 6.92 Å². The summed E-state index contributed by atoms with van der Waals surface area (Å²) in [6.07, 6.45) is -0.444. The van der Waals surface area contributed by atoms with Crippen LogP contribution in [0.4, 0.5) is 0 Å². The van der Waals surface area contributed by atoms with Crippen LogP contribution in [0.5, 0.6) is 0 Å². The van der Waals surface area contributed by atoms with Crippen molar-refractivity contribution < 1.29 is 19.8 Å². The van der Waals surface area contributed by atoms with Crippen LogP contribution in [0, 0.1) is 0 Å². The van der Waals surface area contributed by atoms with E-state index in [-0.39, 0.29) is 5.37 Å². The predicted octanol–water partition coefficient (Wildman–Crippen LogP) is -0.220. The van der Waals surface area contributed by atoms with Gasteiger partial charge in [-0.25, -0.2) is 0 Å². The van der Waals surface area contributed by atoms with Crippen LogP contribution in [0.2, 0.25) is 0 Å². The Kier molecular flexibility index (Phi) is 4.68. The van der Waals surface area contributed by atoms with Gasteiger partial charge < -0.3 is 10.2 Å². The van der Waals surface area contributed by atoms with Crippen molar-refractivity contribution in [3.8, 4) is 0 Å². The molecule has 0 aromatic heterocycles. The van der Waals surface area contributed by atoms with E-state index < -0.39 is 24.4 Å². The zero-order valence-electron chi connectivity index (χ0n) is 6.52. The Bertz CT molecular complexity index is 182. The molecule has 0 radical (unpaired) electrons. The molecular formula is C6H11NO4S. The summed E-state index contributed by atoms with van der Waals surface area (Å²) in [6, 6.07) is -1.07. The van der Waals surface area contributed by atoms with Crippen molar-refractivity contribution in [1.82, 2.24) is 5.32 Å². The van der Waals surface area contributed by atoms with Crippen molar-refractivity contribution in [3.63, 3.8) is 0 Å². The van der Waals surface area contributed by atoms with Gasteiger partial charge in [-0.05, 0) is 6.92 Å². The van der Waals surface area contributed by atoms with Gasteiger partial charge in [-0.2, -0.15) is 12.6 Å². The highest BCUT2D eigenvalue weighted by molar-refractivity contribution is 7.80. The van der Waals surface area contributed by atoms with Gasteiger partial charge in [0.25, 0.3) is 0 Å². The molecule has 0 aromatic carbocycles. The third kappa shape index (κ3) is 4.97. The number of carboxylic acid groups (broad SMARTS) is 2. The van der Waals surface area contributed by atoms with Crippen LogP contribution < -0.4 is 5.32 Å². The predicted molar refractivity (Wildman–Crippen MR) is 45.3 cm³/mol. The van der Waals surface area contributed by atoms with Gasteiger partial charge in [0.1, 0.15) is 6.04 Å².